The Bertz CT molecular complexity index is 1290. The summed E-state index contributed by atoms with van der Waals surface area (Å²) in [5, 5.41) is 4.44. The van der Waals surface area contributed by atoms with Crippen LogP contribution < -0.4 is 10.9 Å². The molecule has 0 saturated carbocycles. The second kappa shape index (κ2) is 8.73. The minimum absolute atomic E-state index is 0.110. The quantitative estimate of drug-likeness (QED) is 0.351. The summed E-state index contributed by atoms with van der Waals surface area (Å²) >= 11 is 7.11. The van der Waals surface area contributed by atoms with Crippen molar-refractivity contribution in [1.29, 1.82) is 0 Å². The molecule has 0 aliphatic carbocycles. The van der Waals surface area contributed by atoms with E-state index in [9.17, 15) is 9.59 Å². The number of carbonyl (C=O) groups is 1. The zero-order valence-corrected chi connectivity index (χ0v) is 17.7. The lowest BCUT2D eigenvalue weighted by atomic mass is 10.2. The number of thioether (sulfide) groups is 1. The van der Waals surface area contributed by atoms with E-state index in [0.717, 1.165) is 11.3 Å². The van der Waals surface area contributed by atoms with E-state index >= 15 is 0 Å². The fourth-order valence-electron chi connectivity index (χ4n) is 3.10. The topological polar surface area (TPSA) is 64.0 Å². The molecule has 1 N–H and O–H groups in total. The van der Waals surface area contributed by atoms with Gasteiger partial charge in [-0.05, 0) is 55.0 Å². The van der Waals surface area contributed by atoms with Crippen molar-refractivity contribution in [1.82, 2.24) is 9.55 Å². The molecule has 1 aromatic heterocycles. The largest absolute Gasteiger partial charge is 0.325 e. The maximum atomic E-state index is 13.3. The lowest BCUT2D eigenvalue weighted by Crippen LogP contribution is -2.23. The fraction of sp³-hybridized carbons (Fsp3) is 0.0870. The first kappa shape index (κ1) is 20.2. The molecule has 0 aliphatic heterocycles. The molecule has 4 rings (SSSR count). The Morgan fingerprint density at radius 1 is 1.03 bits per heavy atom. The number of para-hydroxylation sites is 2. The molecule has 7 heteroatoms. The minimum atomic E-state index is -0.193. The van der Waals surface area contributed by atoms with Gasteiger partial charge >= 0.3 is 0 Å². The van der Waals surface area contributed by atoms with Crippen molar-refractivity contribution < 1.29 is 4.79 Å². The molecule has 1 amide bonds. The predicted octanol–water partition coefficient (Wildman–Crippen LogP) is 5.08. The van der Waals surface area contributed by atoms with Crippen LogP contribution in [0, 0.1) is 6.92 Å². The highest BCUT2D eigenvalue weighted by atomic mass is 35.5. The van der Waals surface area contributed by atoms with Gasteiger partial charge < -0.3 is 5.32 Å². The number of nitrogens with one attached hydrogen (secondary N) is 1. The summed E-state index contributed by atoms with van der Waals surface area (Å²) < 4.78 is 1.58. The SMILES string of the molecule is Cc1ccccc1-n1c(SCC(=O)Nc2ccc(Cl)cc2)nc2ccccc2c1=O. The Balaban J connectivity index is 1.68. The van der Waals surface area contributed by atoms with Crippen molar-refractivity contribution in [3.05, 3.63) is 93.7 Å². The van der Waals surface area contributed by atoms with Gasteiger partial charge in [0.15, 0.2) is 5.16 Å². The first-order valence-electron chi connectivity index (χ1n) is 9.29. The molecule has 3 aromatic carbocycles. The fourth-order valence-corrected chi connectivity index (χ4v) is 4.03. The van der Waals surface area contributed by atoms with Crippen molar-refractivity contribution in [3.63, 3.8) is 0 Å². The average molecular weight is 436 g/mol. The standard InChI is InChI=1S/C23H18ClN3O2S/c1-15-6-2-5-9-20(15)27-22(29)18-7-3-4-8-19(18)26-23(27)30-14-21(28)25-17-12-10-16(24)11-13-17/h2-13H,14H2,1H3,(H,25,28). The van der Waals surface area contributed by atoms with Gasteiger partial charge in [-0.2, -0.15) is 0 Å². The number of aryl methyl sites for hydroxylation is 1. The number of hydrogen-bond acceptors (Lipinski definition) is 4. The van der Waals surface area contributed by atoms with E-state index < -0.39 is 0 Å². The molecule has 0 bridgehead atoms. The van der Waals surface area contributed by atoms with E-state index in [1.54, 1.807) is 41.0 Å². The number of nitrogens with zero attached hydrogens (tertiary/aromatic N) is 2. The molecule has 0 atom stereocenters. The lowest BCUT2D eigenvalue weighted by Gasteiger charge is -2.15. The summed E-state index contributed by atoms with van der Waals surface area (Å²) in [7, 11) is 0. The first-order chi connectivity index (χ1) is 14.5. The summed E-state index contributed by atoms with van der Waals surface area (Å²) in [6, 6.07) is 21.8. The minimum Gasteiger partial charge on any atom is -0.325 e. The van der Waals surface area contributed by atoms with Gasteiger partial charge in [0.25, 0.3) is 5.56 Å². The maximum absolute atomic E-state index is 13.3. The van der Waals surface area contributed by atoms with E-state index in [0.29, 0.717) is 26.8 Å². The number of amides is 1. The second-order valence-electron chi connectivity index (χ2n) is 6.68. The number of halogens is 1. The van der Waals surface area contributed by atoms with Gasteiger partial charge in [0.05, 0.1) is 22.3 Å². The van der Waals surface area contributed by atoms with Crippen molar-refractivity contribution in [2.45, 2.75) is 12.1 Å². The monoisotopic (exact) mass is 435 g/mol. The van der Waals surface area contributed by atoms with Crippen molar-refractivity contribution in [2.75, 3.05) is 11.1 Å². The van der Waals surface area contributed by atoms with E-state index in [-0.39, 0.29) is 17.2 Å². The molecule has 30 heavy (non-hydrogen) atoms. The number of benzene rings is 3. The normalized spacial score (nSPS) is 10.9. The average Bonchev–Trinajstić information content (AvgIpc) is 2.75. The van der Waals surface area contributed by atoms with E-state index in [2.05, 4.69) is 10.3 Å². The van der Waals surface area contributed by atoms with Gasteiger partial charge in [0, 0.05) is 10.7 Å². The van der Waals surface area contributed by atoms with Crippen LogP contribution in [0.5, 0.6) is 0 Å². The number of carbonyl (C=O) groups excluding carboxylic acids is 1. The Morgan fingerprint density at radius 3 is 2.50 bits per heavy atom. The van der Waals surface area contributed by atoms with Crippen LogP contribution in [-0.2, 0) is 4.79 Å². The molecule has 1 heterocycles. The summed E-state index contributed by atoms with van der Waals surface area (Å²) in [5.74, 6) is -0.0831. The molecule has 4 aromatic rings. The third kappa shape index (κ3) is 4.25. The van der Waals surface area contributed by atoms with Crippen LogP contribution >= 0.6 is 23.4 Å². The van der Waals surface area contributed by atoms with Gasteiger partial charge in [-0.1, -0.05) is 53.7 Å². The number of anilines is 1. The Hall–Kier alpha value is -3.09. The first-order valence-corrected chi connectivity index (χ1v) is 10.7. The van der Waals surface area contributed by atoms with E-state index in [4.69, 9.17) is 11.6 Å². The van der Waals surface area contributed by atoms with Crippen LogP contribution in [0.3, 0.4) is 0 Å². The smallest absolute Gasteiger partial charge is 0.266 e. The molecule has 0 spiro atoms. The molecule has 5 nitrogen and oxygen atoms in total. The van der Waals surface area contributed by atoms with Gasteiger partial charge in [-0.25, -0.2) is 4.98 Å². The van der Waals surface area contributed by atoms with Crippen LogP contribution in [0.2, 0.25) is 5.02 Å². The lowest BCUT2D eigenvalue weighted by molar-refractivity contribution is -0.113. The highest BCUT2D eigenvalue weighted by Crippen LogP contribution is 2.23. The Labute approximate surface area is 182 Å². The zero-order chi connectivity index (χ0) is 21.1. The maximum Gasteiger partial charge on any atom is 0.266 e. The number of aromatic nitrogens is 2. The highest BCUT2D eigenvalue weighted by molar-refractivity contribution is 7.99. The van der Waals surface area contributed by atoms with E-state index in [1.165, 1.54) is 11.8 Å². The van der Waals surface area contributed by atoms with Gasteiger partial charge in [0.2, 0.25) is 5.91 Å². The van der Waals surface area contributed by atoms with Crippen molar-refractivity contribution >= 4 is 45.9 Å². The molecule has 0 fully saturated rings. The third-order valence-electron chi connectivity index (χ3n) is 4.56. The molecular weight excluding hydrogens is 418 g/mol. The Kier molecular flexibility index (Phi) is 5.88. The van der Waals surface area contributed by atoms with Gasteiger partial charge in [-0.15, -0.1) is 0 Å². The highest BCUT2D eigenvalue weighted by Gasteiger charge is 2.16. The molecule has 0 radical (unpaired) electrons. The number of fused-ring (bicyclic) bond motifs is 1. The number of hydrogen-bond donors (Lipinski definition) is 1. The Morgan fingerprint density at radius 2 is 1.73 bits per heavy atom. The molecule has 0 aliphatic rings. The van der Waals surface area contributed by atoms with Crippen LogP contribution in [0.1, 0.15) is 5.56 Å². The van der Waals surface area contributed by atoms with Gasteiger partial charge in [0.1, 0.15) is 0 Å². The molecule has 150 valence electrons. The van der Waals surface area contributed by atoms with E-state index in [1.807, 2.05) is 43.3 Å². The number of rotatable bonds is 5. The summed E-state index contributed by atoms with van der Waals surface area (Å²) in [5.41, 5.74) is 2.81. The molecular formula is C23H18ClN3O2S. The summed E-state index contributed by atoms with van der Waals surface area (Å²) in [6.45, 7) is 1.94. The van der Waals surface area contributed by atoms with Crippen LogP contribution in [-0.4, -0.2) is 21.2 Å². The van der Waals surface area contributed by atoms with Crippen molar-refractivity contribution in [2.24, 2.45) is 0 Å². The molecule has 0 saturated heterocycles. The zero-order valence-electron chi connectivity index (χ0n) is 16.1. The second-order valence-corrected chi connectivity index (χ2v) is 8.06. The predicted molar refractivity (Wildman–Crippen MR) is 123 cm³/mol. The summed E-state index contributed by atoms with van der Waals surface area (Å²) in [6.07, 6.45) is 0. The van der Waals surface area contributed by atoms with Gasteiger partial charge in [-0.3, -0.25) is 14.2 Å². The molecule has 0 unspecified atom stereocenters. The third-order valence-corrected chi connectivity index (χ3v) is 5.75. The van der Waals surface area contributed by atoms with Crippen LogP contribution in [0.15, 0.2) is 82.7 Å². The summed E-state index contributed by atoms with van der Waals surface area (Å²) in [4.78, 5) is 30.4. The van der Waals surface area contributed by atoms with Crippen LogP contribution in [0.25, 0.3) is 16.6 Å². The van der Waals surface area contributed by atoms with Crippen molar-refractivity contribution in [3.8, 4) is 5.69 Å². The van der Waals surface area contributed by atoms with Crippen LogP contribution in [0.4, 0.5) is 5.69 Å².